The second-order valence-corrected chi connectivity index (χ2v) is 8.66. The maximum atomic E-state index is 10.9. The fourth-order valence-electron chi connectivity index (χ4n) is 4.90. The number of methoxy groups -OCH3 is 2. The lowest BCUT2D eigenvalue weighted by atomic mass is 9.79. The maximum absolute atomic E-state index is 10.9. The largest absolute Gasteiger partial charge is 0.497 e. The van der Waals surface area contributed by atoms with Crippen LogP contribution < -0.4 is 9.47 Å². The molecule has 4 atom stereocenters. The number of fused-ring (bicyclic) bond motifs is 2. The van der Waals surface area contributed by atoms with E-state index < -0.39 is 29.4 Å². The summed E-state index contributed by atoms with van der Waals surface area (Å²) < 4.78 is 29.3. The highest BCUT2D eigenvalue weighted by atomic mass is 16.7. The molecule has 2 radical (unpaired) electrons. The molecule has 0 spiro atoms. The molecule has 1 unspecified atom stereocenters. The first-order chi connectivity index (χ1) is 16.5. The summed E-state index contributed by atoms with van der Waals surface area (Å²) in [5, 5.41) is 10.9. The summed E-state index contributed by atoms with van der Waals surface area (Å²) in [7, 11) is 9.31. The van der Waals surface area contributed by atoms with E-state index in [4.69, 9.17) is 31.5 Å². The smallest absolute Gasteiger partial charge is 0.143 e. The zero-order valence-corrected chi connectivity index (χ0v) is 19.2. The predicted molar refractivity (Wildman–Crippen MR) is 127 cm³/mol. The lowest BCUT2D eigenvalue weighted by molar-refractivity contribution is -0.164. The number of hydrogen-bond donors (Lipinski definition) is 1. The highest BCUT2D eigenvalue weighted by Gasteiger charge is 2.60. The monoisotopic (exact) mass is 458 g/mol. The van der Waals surface area contributed by atoms with E-state index in [2.05, 4.69) is 0 Å². The first-order valence-corrected chi connectivity index (χ1v) is 11.2. The molecule has 7 heteroatoms. The fraction of sp³-hybridized carbons (Fsp3) is 0.333. The van der Waals surface area contributed by atoms with Gasteiger partial charge in [-0.3, -0.25) is 0 Å². The number of hydrogen-bond acceptors (Lipinski definition) is 6. The summed E-state index contributed by atoms with van der Waals surface area (Å²) >= 11 is 0. The van der Waals surface area contributed by atoms with Crippen molar-refractivity contribution in [2.24, 2.45) is 0 Å². The molecular weight excluding hydrogens is 431 g/mol. The first-order valence-electron chi connectivity index (χ1n) is 11.2. The average Bonchev–Trinajstić information content (AvgIpc) is 3.33. The van der Waals surface area contributed by atoms with E-state index in [1.807, 2.05) is 78.9 Å². The molecule has 2 fully saturated rings. The Labute approximate surface area is 200 Å². The van der Waals surface area contributed by atoms with Crippen LogP contribution in [0.25, 0.3) is 0 Å². The van der Waals surface area contributed by atoms with Gasteiger partial charge in [0.2, 0.25) is 0 Å². The van der Waals surface area contributed by atoms with E-state index >= 15 is 0 Å². The SMILES string of the molecule is [B][C@@H]1O[C@@]2(COC(c3ccccc3)(c3ccc(OC)cc3)c3ccc(OC)cc3)CO[C@H]1C2O. The average molecular weight is 458 g/mol. The minimum atomic E-state index is -1.04. The molecule has 2 aliphatic rings. The van der Waals surface area contributed by atoms with Crippen molar-refractivity contribution in [3.63, 3.8) is 0 Å². The van der Waals surface area contributed by atoms with Gasteiger partial charge in [0.05, 0.1) is 27.4 Å². The van der Waals surface area contributed by atoms with Crippen LogP contribution in [0.1, 0.15) is 16.7 Å². The topological polar surface area (TPSA) is 66.4 Å². The minimum absolute atomic E-state index is 0.0747. The number of rotatable bonds is 8. The molecule has 0 saturated carbocycles. The summed E-state index contributed by atoms with van der Waals surface area (Å²) in [4.78, 5) is 0. The third kappa shape index (κ3) is 3.69. The molecule has 0 amide bonds. The minimum Gasteiger partial charge on any atom is -0.497 e. The van der Waals surface area contributed by atoms with E-state index in [9.17, 15) is 5.11 Å². The molecule has 2 bridgehead atoms. The van der Waals surface area contributed by atoms with Gasteiger partial charge in [0, 0.05) is 6.00 Å². The molecular formula is C27H27BO6. The molecule has 0 aliphatic carbocycles. The van der Waals surface area contributed by atoms with Gasteiger partial charge in [-0.2, -0.15) is 0 Å². The summed E-state index contributed by atoms with van der Waals surface area (Å²) in [6, 6.07) is 24.8. The van der Waals surface area contributed by atoms with Crippen LogP contribution in [-0.2, 0) is 19.8 Å². The Balaban J connectivity index is 1.64. The molecule has 2 aliphatic heterocycles. The second-order valence-electron chi connectivity index (χ2n) is 8.66. The zero-order chi connectivity index (χ0) is 23.8. The van der Waals surface area contributed by atoms with E-state index in [-0.39, 0.29) is 13.2 Å². The van der Waals surface area contributed by atoms with Gasteiger partial charge in [-0.05, 0) is 41.0 Å². The van der Waals surface area contributed by atoms with Gasteiger partial charge in [-0.25, -0.2) is 0 Å². The van der Waals surface area contributed by atoms with Crippen molar-refractivity contribution in [2.45, 2.75) is 29.4 Å². The summed E-state index contributed by atoms with van der Waals surface area (Å²) in [6.45, 7) is 0.286. The predicted octanol–water partition coefficient (Wildman–Crippen LogP) is 3.04. The highest BCUT2D eigenvalue weighted by Crippen LogP contribution is 2.45. The van der Waals surface area contributed by atoms with E-state index in [0.717, 1.165) is 28.2 Å². The van der Waals surface area contributed by atoms with Crippen LogP contribution in [0.15, 0.2) is 78.9 Å². The summed E-state index contributed by atoms with van der Waals surface area (Å²) in [5.74, 6) is 1.48. The van der Waals surface area contributed by atoms with Crippen LogP contribution in [0.5, 0.6) is 11.5 Å². The molecule has 3 aromatic rings. The molecule has 1 N–H and O–H groups in total. The second kappa shape index (κ2) is 9.08. The molecule has 6 nitrogen and oxygen atoms in total. The van der Waals surface area contributed by atoms with Crippen LogP contribution in [0.3, 0.4) is 0 Å². The van der Waals surface area contributed by atoms with Crippen molar-refractivity contribution in [1.82, 2.24) is 0 Å². The van der Waals surface area contributed by atoms with Crippen LogP contribution in [0.4, 0.5) is 0 Å². The molecule has 2 heterocycles. The highest BCUT2D eigenvalue weighted by molar-refractivity contribution is 6.11. The lowest BCUT2D eigenvalue weighted by Crippen LogP contribution is -2.48. The molecule has 3 aromatic carbocycles. The number of aliphatic hydroxyl groups excluding tert-OH is 1. The van der Waals surface area contributed by atoms with E-state index in [1.165, 1.54) is 0 Å². The van der Waals surface area contributed by atoms with Gasteiger partial charge in [0.25, 0.3) is 0 Å². The van der Waals surface area contributed by atoms with Crippen molar-refractivity contribution in [1.29, 1.82) is 0 Å². The summed E-state index contributed by atoms with van der Waals surface area (Å²) in [6.07, 6.45) is -1.43. The van der Waals surface area contributed by atoms with Crippen LogP contribution >= 0.6 is 0 Å². The standard InChI is InChI=1S/C27H27BO6/c1-30-21-12-8-19(9-13-21)27(18-6-4-3-5-7-18,20-10-14-22(31-2)15-11-20)33-17-26-16-32-23(24(26)29)25(28)34-26/h3-15,23-25,29H,16-17H2,1-2H3/t23-,24?,25+,26+/m0/s1. The normalized spacial score (nSPS) is 25.9. The number of aliphatic hydroxyl groups is 1. The number of benzene rings is 3. The van der Waals surface area contributed by atoms with E-state index in [0.29, 0.717) is 0 Å². The van der Waals surface area contributed by atoms with Crippen molar-refractivity contribution >= 4 is 7.85 Å². The van der Waals surface area contributed by atoms with Crippen LogP contribution in [0, 0.1) is 0 Å². The zero-order valence-electron chi connectivity index (χ0n) is 19.2. The Morgan fingerprint density at radius 1 is 0.882 bits per heavy atom. The molecule has 2 saturated heterocycles. The van der Waals surface area contributed by atoms with Gasteiger partial charge in [-0.1, -0.05) is 54.6 Å². The Bertz CT molecular complexity index is 1060. The fourth-order valence-corrected chi connectivity index (χ4v) is 4.90. The van der Waals surface area contributed by atoms with Crippen molar-refractivity contribution in [3.8, 4) is 11.5 Å². The molecule has 174 valence electrons. The Kier molecular flexibility index (Phi) is 6.12. The van der Waals surface area contributed by atoms with Crippen molar-refractivity contribution in [3.05, 3.63) is 95.6 Å². The Hall–Kier alpha value is -2.84. The third-order valence-electron chi connectivity index (χ3n) is 6.77. The lowest BCUT2D eigenvalue weighted by Gasteiger charge is -2.39. The molecule has 5 rings (SSSR count). The van der Waals surface area contributed by atoms with Crippen LogP contribution in [0.2, 0.25) is 0 Å². The van der Waals surface area contributed by atoms with Gasteiger partial charge in [0.15, 0.2) is 0 Å². The molecule has 34 heavy (non-hydrogen) atoms. The third-order valence-corrected chi connectivity index (χ3v) is 6.77. The van der Waals surface area contributed by atoms with Gasteiger partial charge in [-0.15, -0.1) is 0 Å². The van der Waals surface area contributed by atoms with Gasteiger partial charge in [0.1, 0.15) is 42.8 Å². The van der Waals surface area contributed by atoms with Crippen molar-refractivity contribution < 1.29 is 28.8 Å². The molecule has 0 aromatic heterocycles. The van der Waals surface area contributed by atoms with Crippen LogP contribution in [-0.4, -0.2) is 64.2 Å². The number of ether oxygens (including phenoxy) is 5. The van der Waals surface area contributed by atoms with Crippen molar-refractivity contribution in [2.75, 3.05) is 27.4 Å². The summed E-state index contributed by atoms with van der Waals surface area (Å²) in [5.41, 5.74) is 0.668. The van der Waals surface area contributed by atoms with E-state index in [1.54, 1.807) is 14.2 Å². The Morgan fingerprint density at radius 2 is 1.41 bits per heavy atom. The maximum Gasteiger partial charge on any atom is 0.143 e. The Morgan fingerprint density at radius 3 is 1.85 bits per heavy atom. The quantitative estimate of drug-likeness (QED) is 0.414. The first kappa shape index (κ1) is 22.9. The van der Waals surface area contributed by atoms with Gasteiger partial charge < -0.3 is 28.8 Å². The van der Waals surface area contributed by atoms with Gasteiger partial charge >= 0.3 is 0 Å².